The van der Waals surface area contributed by atoms with Crippen LogP contribution in [-0.2, 0) is 4.74 Å². The first-order valence-electron chi connectivity index (χ1n) is 6.65. The summed E-state index contributed by atoms with van der Waals surface area (Å²) in [5.41, 5.74) is 2.08. The molecule has 21 heavy (non-hydrogen) atoms. The van der Waals surface area contributed by atoms with E-state index in [0.29, 0.717) is 19.8 Å². The lowest BCUT2D eigenvalue weighted by molar-refractivity contribution is 0.0922. The third kappa shape index (κ3) is 4.54. The van der Waals surface area contributed by atoms with Gasteiger partial charge in [-0.3, -0.25) is 4.79 Å². The molecule has 0 atom stereocenters. The Hall–Kier alpha value is -2.47. The Bertz CT molecular complexity index is 607. The Labute approximate surface area is 123 Å². The molecule has 0 fully saturated rings. The van der Waals surface area contributed by atoms with Gasteiger partial charge >= 0.3 is 0 Å². The van der Waals surface area contributed by atoms with Crippen LogP contribution < -0.4 is 5.32 Å². The maximum Gasteiger partial charge on any atom is 0.273 e. The van der Waals surface area contributed by atoms with Crippen LogP contribution in [0.25, 0.3) is 5.69 Å². The van der Waals surface area contributed by atoms with Crippen LogP contribution in [0.1, 0.15) is 17.4 Å². The number of nitrogens with one attached hydrogen (secondary N) is 1. The molecule has 1 aromatic heterocycles. The van der Waals surface area contributed by atoms with Crippen molar-refractivity contribution < 1.29 is 9.53 Å². The van der Waals surface area contributed by atoms with Gasteiger partial charge in [0.15, 0.2) is 5.69 Å². The molecule has 0 aliphatic carbocycles. The number of carbonyl (C=O) groups excluding carboxylic acids is 1. The van der Waals surface area contributed by atoms with E-state index in [1.807, 2.05) is 37.3 Å². The largest absolute Gasteiger partial charge is 0.375 e. The number of rotatable bonds is 7. The van der Waals surface area contributed by atoms with Gasteiger partial charge in [0.1, 0.15) is 0 Å². The average molecular weight is 286 g/mol. The van der Waals surface area contributed by atoms with Crippen molar-refractivity contribution in [2.45, 2.75) is 6.92 Å². The highest BCUT2D eigenvalue weighted by atomic mass is 16.5. The summed E-state index contributed by atoms with van der Waals surface area (Å²) in [7, 11) is 0. The van der Waals surface area contributed by atoms with Gasteiger partial charge in [-0.05, 0) is 19.1 Å². The first-order chi connectivity index (χ1) is 10.2. The van der Waals surface area contributed by atoms with Crippen LogP contribution in [0.2, 0.25) is 0 Å². The molecule has 0 radical (unpaired) electrons. The summed E-state index contributed by atoms with van der Waals surface area (Å²) < 4.78 is 6.86. The van der Waals surface area contributed by atoms with Crippen molar-refractivity contribution >= 4 is 5.91 Å². The first kappa shape index (κ1) is 14.9. The first-order valence-corrected chi connectivity index (χ1v) is 6.65. The van der Waals surface area contributed by atoms with E-state index >= 15 is 0 Å². The number of hydrogen-bond acceptors (Lipinski definition) is 4. The fourth-order valence-electron chi connectivity index (χ4n) is 1.65. The van der Waals surface area contributed by atoms with E-state index in [1.165, 1.54) is 0 Å². The van der Waals surface area contributed by atoms with Crippen LogP contribution in [0, 0.1) is 0 Å². The molecule has 0 saturated carbocycles. The lowest BCUT2D eigenvalue weighted by Crippen LogP contribution is -2.27. The second kappa shape index (κ2) is 7.35. The number of para-hydroxylation sites is 1. The number of hydrogen-bond donors (Lipinski definition) is 1. The van der Waals surface area contributed by atoms with Crippen molar-refractivity contribution in [2.75, 3.05) is 19.8 Å². The van der Waals surface area contributed by atoms with E-state index in [1.54, 1.807) is 10.9 Å². The van der Waals surface area contributed by atoms with E-state index in [-0.39, 0.29) is 11.6 Å². The quantitative estimate of drug-likeness (QED) is 0.620. The second-order valence-electron chi connectivity index (χ2n) is 4.65. The Morgan fingerprint density at radius 1 is 1.38 bits per heavy atom. The summed E-state index contributed by atoms with van der Waals surface area (Å²) in [5, 5.41) is 10.5. The third-order valence-electron chi connectivity index (χ3n) is 2.63. The van der Waals surface area contributed by atoms with Gasteiger partial charge in [-0.1, -0.05) is 35.6 Å². The number of amides is 1. The van der Waals surface area contributed by atoms with Crippen LogP contribution in [0.15, 0.2) is 48.7 Å². The second-order valence-corrected chi connectivity index (χ2v) is 4.65. The molecule has 1 aromatic carbocycles. The average Bonchev–Trinajstić information content (AvgIpc) is 2.97. The number of aromatic nitrogens is 3. The number of ether oxygens (including phenoxy) is 1. The maximum atomic E-state index is 11.9. The minimum atomic E-state index is -0.267. The molecular formula is C15H18N4O2. The molecule has 1 heterocycles. The predicted molar refractivity (Wildman–Crippen MR) is 79.3 cm³/mol. The van der Waals surface area contributed by atoms with Crippen molar-refractivity contribution in [2.24, 2.45) is 0 Å². The molecule has 1 N–H and O–H groups in total. The number of nitrogens with zero attached hydrogens (tertiary/aromatic N) is 3. The zero-order chi connectivity index (χ0) is 15.1. The summed E-state index contributed by atoms with van der Waals surface area (Å²) in [6.45, 7) is 6.98. The summed E-state index contributed by atoms with van der Waals surface area (Å²) >= 11 is 0. The van der Waals surface area contributed by atoms with E-state index in [9.17, 15) is 4.79 Å². The molecular weight excluding hydrogens is 268 g/mol. The van der Waals surface area contributed by atoms with E-state index < -0.39 is 0 Å². The highest BCUT2D eigenvalue weighted by Crippen LogP contribution is 2.05. The van der Waals surface area contributed by atoms with Gasteiger partial charge in [0.2, 0.25) is 0 Å². The van der Waals surface area contributed by atoms with Crippen LogP contribution in [-0.4, -0.2) is 40.7 Å². The maximum absolute atomic E-state index is 11.9. The Morgan fingerprint density at radius 2 is 2.14 bits per heavy atom. The van der Waals surface area contributed by atoms with Gasteiger partial charge in [-0.2, -0.15) is 0 Å². The van der Waals surface area contributed by atoms with Crippen molar-refractivity contribution in [3.63, 3.8) is 0 Å². The van der Waals surface area contributed by atoms with Crippen LogP contribution >= 0.6 is 0 Å². The SMILES string of the molecule is C=C(C)COCCNC(=O)c1cn(-c2ccccc2)nn1. The van der Waals surface area contributed by atoms with E-state index in [0.717, 1.165) is 11.3 Å². The zero-order valence-electron chi connectivity index (χ0n) is 12.0. The summed E-state index contributed by atoms with van der Waals surface area (Å²) in [6, 6.07) is 9.49. The van der Waals surface area contributed by atoms with Gasteiger partial charge in [0, 0.05) is 6.54 Å². The predicted octanol–water partition coefficient (Wildman–Crippen LogP) is 1.59. The smallest absolute Gasteiger partial charge is 0.273 e. The van der Waals surface area contributed by atoms with Gasteiger partial charge in [0.05, 0.1) is 25.1 Å². The molecule has 0 aliphatic rings. The van der Waals surface area contributed by atoms with Crippen molar-refractivity contribution in [3.05, 3.63) is 54.4 Å². The van der Waals surface area contributed by atoms with Gasteiger partial charge in [0.25, 0.3) is 5.91 Å². The number of benzene rings is 1. The molecule has 1 amide bonds. The Balaban J connectivity index is 1.84. The molecule has 2 rings (SSSR count). The molecule has 0 spiro atoms. The normalized spacial score (nSPS) is 10.3. The Morgan fingerprint density at radius 3 is 2.86 bits per heavy atom. The molecule has 0 bridgehead atoms. The fraction of sp³-hybridized carbons (Fsp3) is 0.267. The molecule has 6 nitrogen and oxygen atoms in total. The van der Waals surface area contributed by atoms with E-state index in [2.05, 4.69) is 22.2 Å². The summed E-state index contributed by atoms with van der Waals surface area (Å²) in [6.07, 6.45) is 1.60. The zero-order valence-corrected chi connectivity index (χ0v) is 12.0. The molecule has 0 saturated heterocycles. The standard InChI is InChI=1S/C15H18N4O2/c1-12(2)11-21-9-8-16-15(20)14-10-19(18-17-14)13-6-4-3-5-7-13/h3-7,10H,1,8-9,11H2,2H3,(H,16,20). The van der Waals surface area contributed by atoms with Gasteiger partial charge in [-0.15, -0.1) is 5.10 Å². The summed E-state index contributed by atoms with van der Waals surface area (Å²) in [5.74, 6) is -0.267. The highest BCUT2D eigenvalue weighted by molar-refractivity contribution is 5.91. The van der Waals surface area contributed by atoms with Gasteiger partial charge < -0.3 is 10.1 Å². The fourth-order valence-corrected chi connectivity index (χ4v) is 1.65. The minimum absolute atomic E-state index is 0.267. The van der Waals surface area contributed by atoms with Crippen molar-refractivity contribution in [1.82, 2.24) is 20.3 Å². The molecule has 0 aliphatic heterocycles. The van der Waals surface area contributed by atoms with E-state index in [4.69, 9.17) is 4.74 Å². The van der Waals surface area contributed by atoms with Crippen LogP contribution in [0.4, 0.5) is 0 Å². The molecule has 6 heteroatoms. The van der Waals surface area contributed by atoms with Crippen LogP contribution in [0.3, 0.4) is 0 Å². The lowest BCUT2D eigenvalue weighted by Gasteiger charge is -2.04. The molecule has 110 valence electrons. The highest BCUT2D eigenvalue weighted by Gasteiger charge is 2.10. The molecule has 2 aromatic rings. The topological polar surface area (TPSA) is 69.0 Å². The lowest BCUT2D eigenvalue weighted by atomic mass is 10.3. The third-order valence-corrected chi connectivity index (χ3v) is 2.63. The Kier molecular flexibility index (Phi) is 5.22. The monoisotopic (exact) mass is 286 g/mol. The summed E-state index contributed by atoms with van der Waals surface area (Å²) in [4.78, 5) is 11.9. The number of carbonyl (C=O) groups is 1. The van der Waals surface area contributed by atoms with Crippen molar-refractivity contribution in [3.8, 4) is 5.69 Å². The van der Waals surface area contributed by atoms with Gasteiger partial charge in [-0.25, -0.2) is 4.68 Å². The van der Waals surface area contributed by atoms with Crippen LogP contribution in [0.5, 0.6) is 0 Å². The molecule has 0 unspecified atom stereocenters. The minimum Gasteiger partial charge on any atom is -0.375 e. The van der Waals surface area contributed by atoms with Crippen molar-refractivity contribution in [1.29, 1.82) is 0 Å².